The van der Waals surface area contributed by atoms with Gasteiger partial charge in [0.2, 0.25) is 5.91 Å². The largest absolute Gasteiger partial charge is 0.379 e. The zero-order valence-electron chi connectivity index (χ0n) is 19.7. The molecule has 4 rings (SSSR count). The van der Waals surface area contributed by atoms with Crippen molar-refractivity contribution in [2.75, 3.05) is 13.2 Å². The molecule has 1 atom stereocenters. The summed E-state index contributed by atoms with van der Waals surface area (Å²) in [6, 6.07) is 10.2. The molecule has 6 nitrogen and oxygen atoms in total. The van der Waals surface area contributed by atoms with E-state index in [0.717, 1.165) is 36.6 Å². The zero-order valence-corrected chi connectivity index (χ0v) is 19.7. The van der Waals surface area contributed by atoms with Gasteiger partial charge in [-0.05, 0) is 52.2 Å². The first kappa shape index (κ1) is 22.8. The molecular weight excluding hydrogens is 402 g/mol. The van der Waals surface area contributed by atoms with Crippen molar-refractivity contribution < 1.29 is 14.3 Å². The molecule has 2 aromatic rings. The SMILES string of the molecule is CC(C)OCCCN1C(=O)c2cc3ccccc3n2CC1(C)C(=O)NC1CCCCCC1. The Balaban J connectivity index is 1.62. The lowest BCUT2D eigenvalue weighted by Crippen LogP contribution is -2.65. The van der Waals surface area contributed by atoms with E-state index in [1.807, 2.05) is 55.7 Å². The maximum absolute atomic E-state index is 13.7. The molecule has 1 saturated carbocycles. The molecule has 2 heterocycles. The minimum Gasteiger partial charge on any atom is -0.379 e. The quantitative estimate of drug-likeness (QED) is 0.510. The number of benzene rings is 1. The highest BCUT2D eigenvalue weighted by atomic mass is 16.5. The number of amides is 2. The molecule has 6 heteroatoms. The summed E-state index contributed by atoms with van der Waals surface area (Å²) in [5, 5.41) is 4.36. The number of carbonyl (C=O) groups excluding carboxylic acids is 2. The lowest BCUT2D eigenvalue weighted by molar-refractivity contribution is -0.133. The van der Waals surface area contributed by atoms with Gasteiger partial charge in [-0.3, -0.25) is 9.59 Å². The van der Waals surface area contributed by atoms with E-state index < -0.39 is 5.54 Å². The van der Waals surface area contributed by atoms with Crippen LogP contribution in [0.15, 0.2) is 30.3 Å². The molecular formula is C26H37N3O3. The van der Waals surface area contributed by atoms with Crippen molar-refractivity contribution in [1.29, 1.82) is 0 Å². The first-order valence-electron chi connectivity index (χ1n) is 12.2. The molecule has 1 N–H and O–H groups in total. The Morgan fingerprint density at radius 3 is 2.62 bits per heavy atom. The summed E-state index contributed by atoms with van der Waals surface area (Å²) in [6.45, 7) is 7.49. The average molecular weight is 440 g/mol. The molecule has 1 aliphatic carbocycles. The Hall–Kier alpha value is -2.34. The van der Waals surface area contributed by atoms with Crippen LogP contribution in [0.3, 0.4) is 0 Å². The molecule has 0 bridgehead atoms. The summed E-state index contributed by atoms with van der Waals surface area (Å²) in [6.07, 6.45) is 7.69. The van der Waals surface area contributed by atoms with Gasteiger partial charge in [0.25, 0.3) is 5.91 Å². The summed E-state index contributed by atoms with van der Waals surface area (Å²) in [5.74, 6) is -0.110. The first-order valence-corrected chi connectivity index (χ1v) is 12.2. The Kier molecular flexibility index (Phi) is 6.89. The van der Waals surface area contributed by atoms with Crippen LogP contribution in [0.4, 0.5) is 0 Å². The third kappa shape index (κ3) is 4.56. The average Bonchev–Trinajstić information content (AvgIpc) is 2.93. The number of ether oxygens (including phenoxy) is 1. The van der Waals surface area contributed by atoms with Crippen molar-refractivity contribution in [2.45, 2.75) is 89.9 Å². The maximum Gasteiger partial charge on any atom is 0.271 e. The number of nitrogens with one attached hydrogen (secondary N) is 1. The molecule has 0 radical (unpaired) electrons. The van der Waals surface area contributed by atoms with E-state index in [0.29, 0.717) is 31.8 Å². The lowest BCUT2D eigenvalue weighted by atomic mass is 9.93. The van der Waals surface area contributed by atoms with Crippen LogP contribution in [0.25, 0.3) is 10.9 Å². The minimum absolute atomic E-state index is 0.0361. The number of hydrogen-bond acceptors (Lipinski definition) is 3. The van der Waals surface area contributed by atoms with Crippen LogP contribution in [-0.4, -0.2) is 52.1 Å². The Morgan fingerprint density at radius 1 is 1.19 bits per heavy atom. The topological polar surface area (TPSA) is 63.6 Å². The monoisotopic (exact) mass is 439 g/mol. The smallest absolute Gasteiger partial charge is 0.271 e. The van der Waals surface area contributed by atoms with Gasteiger partial charge in [-0.15, -0.1) is 0 Å². The zero-order chi connectivity index (χ0) is 22.7. The number of nitrogens with zero attached hydrogens (tertiary/aromatic N) is 2. The van der Waals surface area contributed by atoms with Crippen LogP contribution in [0.1, 0.15) is 76.2 Å². The van der Waals surface area contributed by atoms with Crippen molar-refractivity contribution in [3.05, 3.63) is 36.0 Å². The van der Waals surface area contributed by atoms with Crippen molar-refractivity contribution in [3.63, 3.8) is 0 Å². The first-order chi connectivity index (χ1) is 15.4. The summed E-state index contributed by atoms with van der Waals surface area (Å²) < 4.78 is 7.74. The van der Waals surface area contributed by atoms with Gasteiger partial charge in [0.05, 0.1) is 12.6 Å². The molecule has 32 heavy (non-hydrogen) atoms. The maximum atomic E-state index is 13.7. The third-order valence-electron chi connectivity index (χ3n) is 6.99. The second-order valence-corrected chi connectivity index (χ2v) is 9.84. The van der Waals surface area contributed by atoms with E-state index in [1.165, 1.54) is 12.8 Å². The van der Waals surface area contributed by atoms with Crippen LogP contribution in [0, 0.1) is 0 Å². The highest BCUT2D eigenvalue weighted by Gasteiger charge is 2.47. The molecule has 174 valence electrons. The van der Waals surface area contributed by atoms with Gasteiger partial charge in [0.1, 0.15) is 11.2 Å². The van der Waals surface area contributed by atoms with Crippen LogP contribution >= 0.6 is 0 Å². The van der Waals surface area contributed by atoms with Gasteiger partial charge in [0.15, 0.2) is 0 Å². The predicted molar refractivity (Wildman–Crippen MR) is 127 cm³/mol. The van der Waals surface area contributed by atoms with Gasteiger partial charge >= 0.3 is 0 Å². The lowest BCUT2D eigenvalue weighted by Gasteiger charge is -2.44. The van der Waals surface area contributed by atoms with E-state index in [9.17, 15) is 9.59 Å². The summed E-state index contributed by atoms with van der Waals surface area (Å²) in [4.78, 5) is 29.2. The number of hydrogen-bond donors (Lipinski definition) is 1. The molecule has 1 aromatic heterocycles. The van der Waals surface area contributed by atoms with Gasteiger partial charge in [-0.25, -0.2) is 0 Å². The normalized spacial score (nSPS) is 22.2. The van der Waals surface area contributed by atoms with Gasteiger partial charge < -0.3 is 19.5 Å². The number of para-hydroxylation sites is 1. The van der Waals surface area contributed by atoms with Crippen LogP contribution in [0.5, 0.6) is 0 Å². The molecule has 1 aliphatic heterocycles. The second-order valence-electron chi connectivity index (χ2n) is 9.84. The van der Waals surface area contributed by atoms with Gasteiger partial charge in [0, 0.05) is 30.1 Å². The fourth-order valence-corrected chi connectivity index (χ4v) is 5.16. The fraction of sp³-hybridized carbons (Fsp3) is 0.615. The van der Waals surface area contributed by atoms with E-state index in [-0.39, 0.29) is 24.0 Å². The van der Waals surface area contributed by atoms with Gasteiger partial charge in [-0.1, -0.05) is 43.9 Å². The van der Waals surface area contributed by atoms with E-state index in [4.69, 9.17) is 4.74 Å². The van der Waals surface area contributed by atoms with Crippen LogP contribution in [-0.2, 0) is 16.1 Å². The Morgan fingerprint density at radius 2 is 1.91 bits per heavy atom. The molecule has 2 amide bonds. The minimum atomic E-state index is -0.935. The number of rotatable bonds is 7. The molecule has 1 aromatic carbocycles. The fourth-order valence-electron chi connectivity index (χ4n) is 5.16. The van der Waals surface area contributed by atoms with Crippen molar-refractivity contribution in [2.24, 2.45) is 0 Å². The molecule has 1 fully saturated rings. The molecule has 1 unspecified atom stereocenters. The molecule has 0 spiro atoms. The number of fused-ring (bicyclic) bond motifs is 3. The molecule has 2 aliphatic rings. The summed E-state index contributed by atoms with van der Waals surface area (Å²) in [7, 11) is 0. The third-order valence-corrected chi connectivity index (χ3v) is 6.99. The standard InChI is InChI=1S/C26H37N3O3/c1-19(2)32-16-10-15-29-24(30)23-17-20-11-8-9-14-22(20)28(23)18-26(29,3)25(31)27-21-12-6-4-5-7-13-21/h8-9,11,14,17,19,21H,4-7,10,12-13,15-16,18H2,1-3H3,(H,27,31). The van der Waals surface area contributed by atoms with Gasteiger partial charge in [-0.2, -0.15) is 0 Å². The van der Waals surface area contributed by atoms with E-state index in [1.54, 1.807) is 4.90 Å². The number of carbonyl (C=O) groups is 2. The Bertz CT molecular complexity index is 958. The molecule has 0 saturated heterocycles. The summed E-state index contributed by atoms with van der Waals surface area (Å²) >= 11 is 0. The second kappa shape index (κ2) is 9.65. The van der Waals surface area contributed by atoms with Crippen molar-refractivity contribution in [1.82, 2.24) is 14.8 Å². The van der Waals surface area contributed by atoms with Crippen LogP contribution < -0.4 is 5.32 Å². The van der Waals surface area contributed by atoms with Crippen LogP contribution in [0.2, 0.25) is 0 Å². The highest BCUT2D eigenvalue weighted by molar-refractivity contribution is 6.03. The van der Waals surface area contributed by atoms with E-state index >= 15 is 0 Å². The van der Waals surface area contributed by atoms with Crippen molar-refractivity contribution >= 4 is 22.7 Å². The van der Waals surface area contributed by atoms with Crippen molar-refractivity contribution in [3.8, 4) is 0 Å². The van der Waals surface area contributed by atoms with E-state index in [2.05, 4.69) is 5.32 Å². The number of aromatic nitrogens is 1. The Labute approximate surface area is 191 Å². The highest BCUT2D eigenvalue weighted by Crippen LogP contribution is 2.33. The summed E-state index contributed by atoms with van der Waals surface area (Å²) in [5.41, 5.74) is 0.735. The predicted octanol–water partition coefficient (Wildman–Crippen LogP) is 4.51.